The zero-order valence-electron chi connectivity index (χ0n) is 11.5. The number of carbonyl (C=O) groups is 1. The Hall–Kier alpha value is -1.52. The number of rotatable bonds is 4. The van der Waals surface area contributed by atoms with Gasteiger partial charge in [0.1, 0.15) is 5.75 Å². The summed E-state index contributed by atoms with van der Waals surface area (Å²) >= 11 is 0. The molecule has 0 heterocycles. The molecule has 0 spiro atoms. The van der Waals surface area contributed by atoms with E-state index in [2.05, 4.69) is 4.74 Å². The fourth-order valence-electron chi connectivity index (χ4n) is 1.29. The number of alkyl halides is 3. The van der Waals surface area contributed by atoms with Crippen LogP contribution in [0.1, 0.15) is 44.5 Å². The largest absolute Gasteiger partial charge is 0.573 e. The smallest absolute Gasteiger partial charge is 0.406 e. The average molecular weight is 276 g/mol. The van der Waals surface area contributed by atoms with Crippen LogP contribution in [0.5, 0.6) is 5.75 Å². The molecule has 0 radical (unpaired) electrons. The van der Waals surface area contributed by atoms with Crippen molar-refractivity contribution in [2.75, 3.05) is 0 Å². The summed E-state index contributed by atoms with van der Waals surface area (Å²) in [5, 5.41) is 0. The van der Waals surface area contributed by atoms with Gasteiger partial charge in [0.25, 0.3) is 0 Å². The second kappa shape index (κ2) is 7.81. The lowest BCUT2D eigenvalue weighted by molar-refractivity contribution is -0.274. The van der Waals surface area contributed by atoms with E-state index >= 15 is 0 Å². The first kappa shape index (κ1) is 17.5. The third kappa shape index (κ3) is 6.27. The number of halogens is 3. The minimum atomic E-state index is -4.71. The van der Waals surface area contributed by atoms with E-state index in [0.717, 1.165) is 12.1 Å². The summed E-state index contributed by atoms with van der Waals surface area (Å²) in [5.74, 6) is -0.534. The summed E-state index contributed by atoms with van der Waals surface area (Å²) in [4.78, 5) is 11.7. The Bertz CT molecular complexity index is 383. The van der Waals surface area contributed by atoms with Crippen LogP contribution in [0.2, 0.25) is 0 Å². The van der Waals surface area contributed by atoms with Crippen LogP contribution in [-0.2, 0) is 0 Å². The molecule has 0 amide bonds. The quantitative estimate of drug-likeness (QED) is 0.735. The fourth-order valence-corrected chi connectivity index (χ4v) is 1.29. The molecule has 0 saturated heterocycles. The Kier molecular flexibility index (Phi) is 7.19. The lowest BCUT2D eigenvalue weighted by atomic mass is 9.97. The highest BCUT2D eigenvalue weighted by Gasteiger charge is 2.31. The van der Waals surface area contributed by atoms with Gasteiger partial charge < -0.3 is 4.74 Å². The van der Waals surface area contributed by atoms with Crippen molar-refractivity contribution in [1.29, 1.82) is 0 Å². The predicted octanol–water partition coefficient (Wildman–Crippen LogP) is 4.84. The van der Waals surface area contributed by atoms with Crippen molar-refractivity contribution >= 4 is 5.78 Å². The fraction of sp³-hybridized carbons (Fsp3) is 0.500. The second-order valence-electron chi connectivity index (χ2n) is 3.75. The molecule has 0 bridgehead atoms. The molecule has 19 heavy (non-hydrogen) atoms. The van der Waals surface area contributed by atoms with Crippen LogP contribution < -0.4 is 4.74 Å². The van der Waals surface area contributed by atoms with Gasteiger partial charge in [0, 0.05) is 11.5 Å². The molecular weight excluding hydrogens is 257 g/mol. The maximum atomic E-state index is 11.9. The Labute approximate surface area is 111 Å². The Morgan fingerprint density at radius 2 is 1.68 bits per heavy atom. The molecule has 0 aromatic heterocycles. The summed E-state index contributed by atoms with van der Waals surface area (Å²) in [7, 11) is 0. The van der Waals surface area contributed by atoms with E-state index < -0.39 is 6.36 Å². The van der Waals surface area contributed by atoms with Gasteiger partial charge in [0.05, 0.1) is 0 Å². The van der Waals surface area contributed by atoms with Gasteiger partial charge in [-0.2, -0.15) is 0 Å². The van der Waals surface area contributed by atoms with Crippen molar-refractivity contribution in [3.8, 4) is 5.75 Å². The topological polar surface area (TPSA) is 26.3 Å². The molecule has 1 atom stereocenters. The molecule has 5 heteroatoms. The molecule has 0 aliphatic carbocycles. The van der Waals surface area contributed by atoms with E-state index in [0.29, 0.717) is 12.0 Å². The second-order valence-corrected chi connectivity index (χ2v) is 3.75. The predicted molar refractivity (Wildman–Crippen MR) is 68.3 cm³/mol. The number of ether oxygens (including phenoxy) is 1. The maximum Gasteiger partial charge on any atom is 0.573 e. The third-order valence-corrected chi connectivity index (χ3v) is 2.43. The lowest BCUT2D eigenvalue weighted by Crippen LogP contribution is -2.17. The molecule has 0 fully saturated rings. The summed E-state index contributed by atoms with van der Waals surface area (Å²) in [6.07, 6.45) is -4.01. The Morgan fingerprint density at radius 1 is 1.21 bits per heavy atom. The van der Waals surface area contributed by atoms with E-state index in [1.54, 1.807) is 6.92 Å². The van der Waals surface area contributed by atoms with Gasteiger partial charge in [-0.1, -0.05) is 27.7 Å². The van der Waals surface area contributed by atoms with Gasteiger partial charge in [-0.3, -0.25) is 4.79 Å². The van der Waals surface area contributed by atoms with Crippen LogP contribution >= 0.6 is 0 Å². The van der Waals surface area contributed by atoms with E-state index in [1.807, 2.05) is 20.8 Å². The van der Waals surface area contributed by atoms with Crippen molar-refractivity contribution < 1.29 is 22.7 Å². The summed E-state index contributed by atoms with van der Waals surface area (Å²) in [6, 6.07) is 4.97. The molecule has 2 nitrogen and oxygen atoms in total. The van der Waals surface area contributed by atoms with Gasteiger partial charge in [-0.05, 0) is 30.7 Å². The molecule has 1 aromatic rings. The molecule has 108 valence electrons. The average Bonchev–Trinajstić information content (AvgIpc) is 2.38. The summed E-state index contributed by atoms with van der Waals surface area (Å²) < 4.78 is 39.4. The Morgan fingerprint density at radius 3 is 2.05 bits per heavy atom. The number of carbonyl (C=O) groups excluding carboxylic acids is 1. The molecule has 1 rings (SSSR count). The zero-order chi connectivity index (χ0) is 15.1. The highest BCUT2D eigenvalue weighted by atomic mass is 19.4. The SMILES string of the molecule is CC.CCC(C)C(=O)c1ccc(OC(F)(F)F)cc1. The number of ketones is 1. The first-order valence-corrected chi connectivity index (χ1v) is 6.23. The Balaban J connectivity index is 0.00000154. The number of Topliss-reactive ketones (excluding diaryl/α,β-unsaturated/α-hetero) is 1. The summed E-state index contributed by atoms with van der Waals surface area (Å²) in [5.41, 5.74) is 0.397. The first-order valence-electron chi connectivity index (χ1n) is 6.23. The van der Waals surface area contributed by atoms with Crippen LogP contribution in [0.3, 0.4) is 0 Å². The van der Waals surface area contributed by atoms with Crippen molar-refractivity contribution in [2.24, 2.45) is 5.92 Å². The molecule has 0 aliphatic rings. The molecule has 1 aromatic carbocycles. The van der Waals surface area contributed by atoms with Crippen LogP contribution in [0, 0.1) is 5.92 Å². The van der Waals surface area contributed by atoms with Crippen molar-refractivity contribution in [2.45, 2.75) is 40.5 Å². The normalized spacial score (nSPS) is 12.2. The van der Waals surface area contributed by atoms with Crippen LogP contribution in [0.25, 0.3) is 0 Å². The standard InChI is InChI=1S/C12H13F3O2.C2H6/c1-3-8(2)11(16)9-4-6-10(7-5-9)17-12(13,14)15;1-2/h4-8H,3H2,1-2H3;1-2H3. The van der Waals surface area contributed by atoms with Gasteiger partial charge in [-0.15, -0.1) is 13.2 Å². The van der Waals surface area contributed by atoms with E-state index in [9.17, 15) is 18.0 Å². The highest BCUT2D eigenvalue weighted by molar-refractivity contribution is 5.97. The minimum absolute atomic E-state index is 0.0777. The lowest BCUT2D eigenvalue weighted by Gasteiger charge is -2.10. The van der Waals surface area contributed by atoms with Gasteiger partial charge in [-0.25, -0.2) is 0 Å². The molecule has 1 unspecified atom stereocenters. The highest BCUT2D eigenvalue weighted by Crippen LogP contribution is 2.23. The zero-order valence-corrected chi connectivity index (χ0v) is 11.5. The minimum Gasteiger partial charge on any atom is -0.406 e. The van der Waals surface area contributed by atoms with Crippen molar-refractivity contribution in [1.82, 2.24) is 0 Å². The molecule has 0 aliphatic heterocycles. The van der Waals surface area contributed by atoms with Gasteiger partial charge >= 0.3 is 6.36 Å². The first-order chi connectivity index (χ1) is 8.83. The van der Waals surface area contributed by atoms with Crippen LogP contribution in [0.15, 0.2) is 24.3 Å². The third-order valence-electron chi connectivity index (χ3n) is 2.43. The summed E-state index contributed by atoms with van der Waals surface area (Å²) in [6.45, 7) is 7.66. The molecular formula is C14H19F3O2. The van der Waals surface area contributed by atoms with Crippen LogP contribution in [0.4, 0.5) is 13.2 Å². The molecule has 0 N–H and O–H groups in total. The monoisotopic (exact) mass is 276 g/mol. The number of benzene rings is 1. The van der Waals surface area contributed by atoms with Gasteiger partial charge in [0.15, 0.2) is 5.78 Å². The van der Waals surface area contributed by atoms with E-state index in [4.69, 9.17) is 0 Å². The van der Waals surface area contributed by atoms with Gasteiger partial charge in [0.2, 0.25) is 0 Å². The van der Waals surface area contributed by atoms with Crippen molar-refractivity contribution in [3.63, 3.8) is 0 Å². The number of hydrogen-bond donors (Lipinski definition) is 0. The van der Waals surface area contributed by atoms with E-state index in [1.165, 1.54) is 12.1 Å². The van der Waals surface area contributed by atoms with E-state index in [-0.39, 0.29) is 17.5 Å². The number of hydrogen-bond acceptors (Lipinski definition) is 2. The maximum absolute atomic E-state index is 11.9. The molecule has 0 saturated carbocycles. The van der Waals surface area contributed by atoms with Crippen LogP contribution in [-0.4, -0.2) is 12.1 Å². The van der Waals surface area contributed by atoms with Crippen molar-refractivity contribution in [3.05, 3.63) is 29.8 Å².